The number of rotatable bonds is 3. The molecule has 0 bridgehead atoms. The number of benzene rings is 2. The summed E-state index contributed by atoms with van der Waals surface area (Å²) in [6.45, 7) is 2.91. The highest BCUT2D eigenvalue weighted by Gasteiger charge is 2.05. The Morgan fingerprint density at radius 2 is 1.84 bits per heavy atom. The number of aryl methyl sites for hydroxylation is 1. The minimum absolute atomic E-state index is 0.667. The zero-order chi connectivity index (χ0) is 13.8. The molecular formula is C16H15BrN2. The normalized spacial score (nSPS) is 10.0. The van der Waals surface area contributed by atoms with E-state index in [-0.39, 0.29) is 0 Å². The molecule has 2 nitrogen and oxygen atoms in total. The fourth-order valence-corrected chi connectivity index (χ4v) is 2.40. The molecule has 2 rings (SSSR count). The van der Waals surface area contributed by atoms with Gasteiger partial charge in [-0.3, -0.25) is 0 Å². The summed E-state index contributed by atoms with van der Waals surface area (Å²) in [6, 6.07) is 16.4. The van der Waals surface area contributed by atoms with Gasteiger partial charge in [0, 0.05) is 23.8 Å². The molecule has 0 aliphatic heterocycles. The summed E-state index contributed by atoms with van der Waals surface area (Å²) in [6.07, 6.45) is 0. The van der Waals surface area contributed by atoms with Gasteiger partial charge in [0.25, 0.3) is 0 Å². The first-order valence-corrected chi connectivity index (χ1v) is 6.85. The predicted molar refractivity (Wildman–Crippen MR) is 82.1 cm³/mol. The Morgan fingerprint density at radius 3 is 2.47 bits per heavy atom. The Hall–Kier alpha value is -1.79. The number of nitrogens with zero attached hydrogens (tertiary/aromatic N) is 2. The van der Waals surface area contributed by atoms with Crippen molar-refractivity contribution in [2.45, 2.75) is 13.5 Å². The van der Waals surface area contributed by atoms with Crippen LogP contribution in [0.1, 0.15) is 16.7 Å². The minimum Gasteiger partial charge on any atom is -0.370 e. The van der Waals surface area contributed by atoms with Crippen LogP contribution in [0.25, 0.3) is 0 Å². The molecule has 0 N–H and O–H groups in total. The molecule has 2 aromatic carbocycles. The number of hydrogen-bond acceptors (Lipinski definition) is 2. The van der Waals surface area contributed by atoms with E-state index >= 15 is 0 Å². The summed E-state index contributed by atoms with van der Waals surface area (Å²) in [7, 11) is 2.03. The first-order chi connectivity index (χ1) is 9.08. The fraction of sp³-hybridized carbons (Fsp3) is 0.188. The van der Waals surface area contributed by atoms with E-state index in [4.69, 9.17) is 5.26 Å². The minimum atomic E-state index is 0.667. The molecule has 0 saturated heterocycles. The molecule has 2 aromatic rings. The van der Waals surface area contributed by atoms with E-state index in [2.05, 4.69) is 58.1 Å². The van der Waals surface area contributed by atoms with Crippen LogP contribution in [-0.2, 0) is 6.54 Å². The molecule has 0 aliphatic carbocycles. The van der Waals surface area contributed by atoms with Crippen LogP contribution in [0.15, 0.2) is 46.9 Å². The quantitative estimate of drug-likeness (QED) is 0.846. The molecule has 0 aliphatic rings. The average molecular weight is 315 g/mol. The molecule has 0 radical (unpaired) electrons. The van der Waals surface area contributed by atoms with Gasteiger partial charge in [0.15, 0.2) is 0 Å². The van der Waals surface area contributed by atoms with Crippen molar-refractivity contribution in [2.75, 3.05) is 11.9 Å². The lowest BCUT2D eigenvalue weighted by molar-refractivity contribution is 0.921. The van der Waals surface area contributed by atoms with Crippen molar-refractivity contribution in [1.29, 1.82) is 5.26 Å². The second-order valence-corrected chi connectivity index (χ2v) is 5.57. The predicted octanol–water partition coefficient (Wildman–Crippen LogP) is 4.27. The van der Waals surface area contributed by atoms with E-state index in [0.717, 1.165) is 16.7 Å². The molecule has 0 heterocycles. The van der Waals surface area contributed by atoms with E-state index in [9.17, 15) is 0 Å². The van der Waals surface area contributed by atoms with Gasteiger partial charge in [-0.05, 0) is 30.7 Å². The topological polar surface area (TPSA) is 27.0 Å². The highest BCUT2D eigenvalue weighted by Crippen LogP contribution is 2.23. The van der Waals surface area contributed by atoms with E-state index in [1.54, 1.807) is 0 Å². The molecule has 0 aromatic heterocycles. The van der Waals surface area contributed by atoms with E-state index in [1.165, 1.54) is 11.1 Å². The van der Waals surface area contributed by atoms with Crippen molar-refractivity contribution in [3.63, 3.8) is 0 Å². The SMILES string of the molecule is Cc1ccc(CN(C)c2cc(Br)cc(C#N)c2)cc1. The number of hydrogen-bond donors (Lipinski definition) is 0. The smallest absolute Gasteiger partial charge is 0.0992 e. The van der Waals surface area contributed by atoms with Crippen molar-refractivity contribution in [3.8, 4) is 6.07 Å². The number of anilines is 1. The highest BCUT2D eigenvalue weighted by atomic mass is 79.9. The molecule has 0 amide bonds. The first kappa shape index (κ1) is 13.6. The van der Waals surface area contributed by atoms with Gasteiger partial charge in [-0.15, -0.1) is 0 Å². The molecule has 0 unspecified atom stereocenters. The van der Waals surface area contributed by atoms with Crippen LogP contribution < -0.4 is 4.90 Å². The molecular weight excluding hydrogens is 300 g/mol. The lowest BCUT2D eigenvalue weighted by atomic mass is 10.1. The van der Waals surface area contributed by atoms with Gasteiger partial charge in [0.2, 0.25) is 0 Å². The lowest BCUT2D eigenvalue weighted by Crippen LogP contribution is -2.16. The maximum Gasteiger partial charge on any atom is 0.0992 e. The number of nitriles is 1. The Balaban J connectivity index is 2.20. The van der Waals surface area contributed by atoms with E-state index in [1.807, 2.05) is 25.2 Å². The molecule has 0 saturated carbocycles. The Labute approximate surface area is 122 Å². The van der Waals surface area contributed by atoms with Crippen molar-refractivity contribution in [1.82, 2.24) is 0 Å². The summed E-state index contributed by atoms with van der Waals surface area (Å²) >= 11 is 3.44. The van der Waals surface area contributed by atoms with E-state index < -0.39 is 0 Å². The van der Waals surface area contributed by atoms with Crippen LogP contribution >= 0.6 is 15.9 Å². The Morgan fingerprint density at radius 1 is 1.16 bits per heavy atom. The Bertz CT molecular complexity index is 612. The molecule has 0 fully saturated rings. The van der Waals surface area contributed by atoms with Crippen molar-refractivity contribution < 1.29 is 0 Å². The summed E-state index contributed by atoms with van der Waals surface area (Å²) < 4.78 is 0.928. The van der Waals surface area contributed by atoms with Gasteiger partial charge in [0.1, 0.15) is 0 Å². The molecule has 19 heavy (non-hydrogen) atoms. The van der Waals surface area contributed by atoms with Crippen molar-refractivity contribution in [2.24, 2.45) is 0 Å². The van der Waals surface area contributed by atoms with Gasteiger partial charge >= 0.3 is 0 Å². The summed E-state index contributed by atoms with van der Waals surface area (Å²) in [5, 5.41) is 9.00. The van der Waals surface area contributed by atoms with Gasteiger partial charge in [-0.2, -0.15) is 5.26 Å². The van der Waals surface area contributed by atoms with Crippen LogP contribution in [0.5, 0.6) is 0 Å². The first-order valence-electron chi connectivity index (χ1n) is 6.06. The third kappa shape index (κ3) is 3.59. The van der Waals surface area contributed by atoms with Crippen LogP contribution in [0.4, 0.5) is 5.69 Å². The van der Waals surface area contributed by atoms with Gasteiger partial charge < -0.3 is 4.90 Å². The van der Waals surface area contributed by atoms with E-state index in [0.29, 0.717) is 5.56 Å². The fourth-order valence-electron chi connectivity index (χ4n) is 1.92. The maximum absolute atomic E-state index is 9.00. The summed E-state index contributed by atoms with van der Waals surface area (Å²) in [5.41, 5.74) is 4.22. The van der Waals surface area contributed by atoms with Crippen LogP contribution in [0.2, 0.25) is 0 Å². The lowest BCUT2D eigenvalue weighted by Gasteiger charge is -2.20. The summed E-state index contributed by atoms with van der Waals surface area (Å²) in [4.78, 5) is 2.14. The van der Waals surface area contributed by atoms with Crippen molar-refractivity contribution >= 4 is 21.6 Å². The van der Waals surface area contributed by atoms with Gasteiger partial charge in [-0.25, -0.2) is 0 Å². The molecule has 0 atom stereocenters. The monoisotopic (exact) mass is 314 g/mol. The zero-order valence-electron chi connectivity index (χ0n) is 11.0. The van der Waals surface area contributed by atoms with Crippen LogP contribution in [-0.4, -0.2) is 7.05 Å². The maximum atomic E-state index is 9.00. The summed E-state index contributed by atoms with van der Waals surface area (Å²) in [5.74, 6) is 0. The van der Waals surface area contributed by atoms with Gasteiger partial charge in [-0.1, -0.05) is 45.8 Å². The standard InChI is InChI=1S/C16H15BrN2/c1-12-3-5-13(6-4-12)11-19(2)16-8-14(10-18)7-15(17)9-16/h3-9H,11H2,1-2H3. The third-order valence-corrected chi connectivity index (χ3v) is 3.45. The molecule has 96 valence electrons. The van der Waals surface area contributed by atoms with Crippen molar-refractivity contribution in [3.05, 3.63) is 63.6 Å². The third-order valence-electron chi connectivity index (χ3n) is 2.99. The Kier molecular flexibility index (Phi) is 4.24. The zero-order valence-corrected chi connectivity index (χ0v) is 12.6. The van der Waals surface area contributed by atoms with Crippen LogP contribution in [0, 0.1) is 18.3 Å². The average Bonchev–Trinajstić information content (AvgIpc) is 2.40. The highest BCUT2D eigenvalue weighted by molar-refractivity contribution is 9.10. The largest absolute Gasteiger partial charge is 0.370 e. The molecule has 3 heteroatoms. The second kappa shape index (κ2) is 5.90. The number of halogens is 1. The molecule has 0 spiro atoms. The second-order valence-electron chi connectivity index (χ2n) is 4.65. The van der Waals surface area contributed by atoms with Gasteiger partial charge in [0.05, 0.1) is 11.6 Å². The van der Waals surface area contributed by atoms with Crippen LogP contribution in [0.3, 0.4) is 0 Å².